The Bertz CT molecular complexity index is 420. The van der Waals surface area contributed by atoms with Gasteiger partial charge in [-0.3, -0.25) is 9.59 Å². The lowest BCUT2D eigenvalue weighted by Gasteiger charge is -2.13. The second-order valence-corrected chi connectivity index (χ2v) is 3.14. The van der Waals surface area contributed by atoms with E-state index in [0.717, 1.165) is 0 Å². The van der Waals surface area contributed by atoms with Crippen molar-refractivity contribution in [1.82, 2.24) is 0 Å². The molecule has 0 spiro atoms. The van der Waals surface area contributed by atoms with Crippen molar-refractivity contribution in [2.75, 3.05) is 4.90 Å². The fourth-order valence-corrected chi connectivity index (χ4v) is 1.41. The van der Waals surface area contributed by atoms with Gasteiger partial charge in [0, 0.05) is 11.6 Å². The van der Waals surface area contributed by atoms with Gasteiger partial charge in [-0.15, -0.1) is 0 Å². The third kappa shape index (κ3) is 1.23. The van der Waals surface area contributed by atoms with Crippen LogP contribution in [0.1, 0.15) is 6.92 Å². The van der Waals surface area contributed by atoms with Crippen LogP contribution in [0.3, 0.4) is 0 Å². The zero-order valence-electron chi connectivity index (χ0n) is 7.73. The summed E-state index contributed by atoms with van der Waals surface area (Å²) in [5.74, 6) is -0.500. The van der Waals surface area contributed by atoms with Crippen LogP contribution < -0.4 is 4.90 Å². The van der Waals surface area contributed by atoms with E-state index >= 15 is 0 Å². The first kappa shape index (κ1) is 8.69. The van der Waals surface area contributed by atoms with E-state index in [1.807, 2.05) is 6.07 Å². The Morgan fingerprint density at radius 3 is 2.21 bits per heavy atom. The summed E-state index contributed by atoms with van der Waals surface area (Å²) in [6.07, 6.45) is 1.36. The molecule has 0 atom stereocenters. The third-order valence-electron chi connectivity index (χ3n) is 2.12. The first-order chi connectivity index (χ1) is 6.70. The predicted molar refractivity (Wildman–Crippen MR) is 52.7 cm³/mol. The molecule has 0 N–H and O–H groups in total. The Balaban J connectivity index is 2.39. The van der Waals surface area contributed by atoms with E-state index in [2.05, 4.69) is 0 Å². The second-order valence-electron chi connectivity index (χ2n) is 3.14. The number of carbonyl (C=O) groups excluding carboxylic acids is 2. The minimum atomic E-state index is -0.265. The van der Waals surface area contributed by atoms with Crippen LogP contribution in [-0.4, -0.2) is 11.8 Å². The summed E-state index contributed by atoms with van der Waals surface area (Å²) in [5, 5.41) is 0. The highest BCUT2D eigenvalue weighted by Gasteiger charge is 2.29. The van der Waals surface area contributed by atoms with Gasteiger partial charge in [-0.1, -0.05) is 18.2 Å². The van der Waals surface area contributed by atoms with E-state index in [1.54, 1.807) is 31.2 Å². The molecule has 0 aromatic heterocycles. The average Bonchev–Trinajstić information content (AvgIpc) is 2.43. The number of rotatable bonds is 1. The van der Waals surface area contributed by atoms with Crippen molar-refractivity contribution >= 4 is 17.5 Å². The molecule has 1 aromatic carbocycles. The molecule has 0 fully saturated rings. The zero-order chi connectivity index (χ0) is 10.1. The molecule has 70 valence electrons. The standard InChI is InChI=1S/C11H9NO2/c1-8-7-10(13)12(11(8)14)9-5-3-2-4-6-9/h2-7H,1H3. The lowest BCUT2D eigenvalue weighted by atomic mass is 10.3. The van der Waals surface area contributed by atoms with Gasteiger partial charge in [-0.2, -0.15) is 0 Å². The molecule has 14 heavy (non-hydrogen) atoms. The topological polar surface area (TPSA) is 37.4 Å². The Kier molecular flexibility index (Phi) is 1.93. The van der Waals surface area contributed by atoms with Crippen LogP contribution >= 0.6 is 0 Å². The summed E-state index contributed by atoms with van der Waals surface area (Å²) in [4.78, 5) is 24.2. The number of amides is 2. The molecule has 0 saturated carbocycles. The number of hydrogen-bond acceptors (Lipinski definition) is 2. The maximum Gasteiger partial charge on any atom is 0.261 e. The highest BCUT2D eigenvalue weighted by Crippen LogP contribution is 2.21. The molecule has 0 saturated heterocycles. The van der Waals surface area contributed by atoms with Gasteiger partial charge in [0.05, 0.1) is 5.69 Å². The van der Waals surface area contributed by atoms with Gasteiger partial charge < -0.3 is 0 Å². The summed E-state index contributed by atoms with van der Waals surface area (Å²) < 4.78 is 0. The molecular weight excluding hydrogens is 178 g/mol. The SMILES string of the molecule is CC1=CC(=O)N(c2ccccc2)C1=O. The van der Waals surface area contributed by atoms with Gasteiger partial charge in [0.1, 0.15) is 0 Å². The lowest BCUT2D eigenvalue weighted by Crippen LogP contribution is -2.30. The van der Waals surface area contributed by atoms with Crippen molar-refractivity contribution in [3.05, 3.63) is 42.0 Å². The van der Waals surface area contributed by atoms with E-state index in [0.29, 0.717) is 11.3 Å². The number of nitrogens with zero attached hydrogens (tertiary/aromatic N) is 1. The molecule has 0 aliphatic carbocycles. The minimum absolute atomic E-state index is 0.235. The minimum Gasteiger partial charge on any atom is -0.269 e. The number of para-hydroxylation sites is 1. The van der Waals surface area contributed by atoms with Crippen molar-refractivity contribution in [2.24, 2.45) is 0 Å². The Morgan fingerprint density at radius 2 is 1.71 bits per heavy atom. The van der Waals surface area contributed by atoms with E-state index in [9.17, 15) is 9.59 Å². The summed E-state index contributed by atoms with van der Waals surface area (Å²) in [5.41, 5.74) is 1.11. The normalized spacial score (nSPS) is 16.1. The van der Waals surface area contributed by atoms with E-state index in [4.69, 9.17) is 0 Å². The predicted octanol–water partition coefficient (Wildman–Crippen LogP) is 1.51. The van der Waals surface area contributed by atoms with Gasteiger partial charge >= 0.3 is 0 Å². The molecule has 3 heteroatoms. The van der Waals surface area contributed by atoms with E-state index in [-0.39, 0.29) is 11.8 Å². The summed E-state index contributed by atoms with van der Waals surface area (Å²) in [6.45, 7) is 1.64. The molecule has 0 bridgehead atoms. The molecule has 0 radical (unpaired) electrons. The highest BCUT2D eigenvalue weighted by molar-refractivity contribution is 6.30. The second kappa shape index (κ2) is 3.10. The first-order valence-corrected chi connectivity index (χ1v) is 4.32. The maximum absolute atomic E-state index is 11.6. The van der Waals surface area contributed by atoms with Gasteiger partial charge in [0.2, 0.25) is 0 Å². The number of benzene rings is 1. The van der Waals surface area contributed by atoms with Crippen molar-refractivity contribution in [1.29, 1.82) is 0 Å². The summed E-state index contributed by atoms with van der Waals surface area (Å²) in [7, 11) is 0. The van der Waals surface area contributed by atoms with Gasteiger partial charge in [-0.05, 0) is 19.1 Å². The number of hydrogen-bond donors (Lipinski definition) is 0. The molecule has 1 heterocycles. The van der Waals surface area contributed by atoms with E-state index < -0.39 is 0 Å². The van der Waals surface area contributed by atoms with Crippen LogP contribution in [-0.2, 0) is 9.59 Å². The Morgan fingerprint density at radius 1 is 1.07 bits per heavy atom. The largest absolute Gasteiger partial charge is 0.269 e. The molecule has 1 aliphatic rings. The highest BCUT2D eigenvalue weighted by atomic mass is 16.2. The maximum atomic E-state index is 11.6. The van der Waals surface area contributed by atoms with Crippen molar-refractivity contribution in [3.63, 3.8) is 0 Å². The molecule has 0 unspecified atom stereocenters. The van der Waals surface area contributed by atoms with Crippen LogP contribution in [0.15, 0.2) is 42.0 Å². The van der Waals surface area contributed by atoms with Crippen LogP contribution in [0.4, 0.5) is 5.69 Å². The van der Waals surface area contributed by atoms with Crippen molar-refractivity contribution in [3.8, 4) is 0 Å². The summed E-state index contributed by atoms with van der Waals surface area (Å²) >= 11 is 0. The first-order valence-electron chi connectivity index (χ1n) is 4.32. The molecule has 2 rings (SSSR count). The van der Waals surface area contributed by atoms with Crippen molar-refractivity contribution < 1.29 is 9.59 Å². The van der Waals surface area contributed by atoms with E-state index in [1.165, 1.54) is 11.0 Å². The Hall–Kier alpha value is -1.90. The number of imide groups is 1. The number of anilines is 1. The lowest BCUT2D eigenvalue weighted by molar-refractivity contribution is -0.120. The fourth-order valence-electron chi connectivity index (χ4n) is 1.41. The van der Waals surface area contributed by atoms with Gasteiger partial charge in [0.15, 0.2) is 0 Å². The van der Waals surface area contributed by atoms with Crippen LogP contribution in [0.25, 0.3) is 0 Å². The molecule has 3 nitrogen and oxygen atoms in total. The van der Waals surface area contributed by atoms with Crippen molar-refractivity contribution in [2.45, 2.75) is 6.92 Å². The zero-order valence-corrected chi connectivity index (χ0v) is 7.73. The van der Waals surface area contributed by atoms with Crippen LogP contribution in [0.2, 0.25) is 0 Å². The monoisotopic (exact) mass is 187 g/mol. The molecule has 1 aromatic rings. The smallest absolute Gasteiger partial charge is 0.261 e. The fraction of sp³-hybridized carbons (Fsp3) is 0.0909. The third-order valence-corrected chi connectivity index (χ3v) is 2.12. The quantitative estimate of drug-likeness (QED) is 0.625. The molecular formula is C11H9NO2. The molecule has 2 amide bonds. The Labute approximate surface area is 81.6 Å². The van der Waals surface area contributed by atoms with Crippen LogP contribution in [0, 0.1) is 0 Å². The summed E-state index contributed by atoms with van der Waals surface area (Å²) in [6, 6.07) is 8.91. The number of carbonyl (C=O) groups is 2. The average molecular weight is 187 g/mol. The van der Waals surface area contributed by atoms with Crippen LogP contribution in [0.5, 0.6) is 0 Å². The van der Waals surface area contributed by atoms with Gasteiger partial charge in [-0.25, -0.2) is 4.90 Å². The van der Waals surface area contributed by atoms with Gasteiger partial charge in [0.25, 0.3) is 11.8 Å². The molecule has 1 aliphatic heterocycles.